The number of benzene rings is 1. The second-order valence-electron chi connectivity index (χ2n) is 4.01. The van der Waals surface area contributed by atoms with Gasteiger partial charge in [-0.2, -0.15) is 0 Å². The fourth-order valence-corrected chi connectivity index (χ4v) is 1.91. The van der Waals surface area contributed by atoms with E-state index in [1.807, 2.05) is 29.0 Å². The molecule has 0 bridgehead atoms. The minimum atomic E-state index is 0.236. The van der Waals surface area contributed by atoms with Crippen LogP contribution < -0.4 is 0 Å². The maximum atomic E-state index is 9.50. The van der Waals surface area contributed by atoms with E-state index in [0.717, 1.165) is 17.1 Å². The lowest BCUT2D eigenvalue weighted by Gasteiger charge is -2.06. The highest BCUT2D eigenvalue weighted by atomic mass is 16.3. The van der Waals surface area contributed by atoms with E-state index in [9.17, 15) is 5.11 Å². The van der Waals surface area contributed by atoms with E-state index in [-0.39, 0.29) is 5.75 Å². The van der Waals surface area contributed by atoms with E-state index in [1.54, 1.807) is 30.7 Å². The number of hydrogen-bond donors (Lipinski definition) is 1. The van der Waals surface area contributed by atoms with Gasteiger partial charge in [0.1, 0.15) is 17.3 Å². The van der Waals surface area contributed by atoms with Gasteiger partial charge in [0.2, 0.25) is 0 Å². The molecule has 0 aliphatic rings. The Balaban J connectivity index is 1.96. The third-order valence-corrected chi connectivity index (χ3v) is 2.73. The molecule has 4 nitrogen and oxygen atoms in total. The molecule has 1 aromatic carbocycles. The topological polar surface area (TPSA) is 51.2 Å². The molecule has 3 aromatic rings. The van der Waals surface area contributed by atoms with Gasteiger partial charge in [-0.05, 0) is 24.3 Å². The molecule has 3 rings (SSSR count). The average Bonchev–Trinajstić information content (AvgIpc) is 3.01. The lowest BCUT2D eigenvalue weighted by atomic mass is 10.2. The third-order valence-electron chi connectivity index (χ3n) is 2.73. The zero-order chi connectivity index (χ0) is 12.4. The second kappa shape index (κ2) is 4.41. The summed E-state index contributed by atoms with van der Waals surface area (Å²) in [5.41, 5.74) is 0.881. The predicted molar refractivity (Wildman–Crippen MR) is 67.1 cm³/mol. The standard InChI is InChI=1S/C14H12N2O2/c17-12-4-1-3-11(9-12)14-15-6-7-16(14)10-13-5-2-8-18-13/h1-9,17H,10H2. The molecule has 0 amide bonds. The van der Waals surface area contributed by atoms with Crippen LogP contribution in [0.15, 0.2) is 59.5 Å². The summed E-state index contributed by atoms with van der Waals surface area (Å²) in [6.07, 6.45) is 5.28. The Bertz CT molecular complexity index is 641. The maximum absolute atomic E-state index is 9.50. The fourth-order valence-electron chi connectivity index (χ4n) is 1.91. The van der Waals surface area contributed by atoms with Crippen LogP contribution in [0.5, 0.6) is 5.75 Å². The molecule has 0 saturated carbocycles. The third kappa shape index (κ3) is 2.00. The lowest BCUT2D eigenvalue weighted by Crippen LogP contribution is -1.99. The Hall–Kier alpha value is -2.49. The van der Waals surface area contributed by atoms with Gasteiger partial charge < -0.3 is 14.1 Å². The van der Waals surface area contributed by atoms with Gasteiger partial charge >= 0.3 is 0 Å². The molecule has 0 fully saturated rings. The Morgan fingerprint density at radius 1 is 1.22 bits per heavy atom. The summed E-state index contributed by atoms with van der Waals surface area (Å²) in [5.74, 6) is 1.91. The molecule has 90 valence electrons. The Labute approximate surface area is 104 Å². The molecule has 0 unspecified atom stereocenters. The van der Waals surface area contributed by atoms with Crippen molar-refractivity contribution < 1.29 is 9.52 Å². The van der Waals surface area contributed by atoms with Crippen molar-refractivity contribution >= 4 is 0 Å². The van der Waals surface area contributed by atoms with Crippen LogP contribution in [0.3, 0.4) is 0 Å². The Kier molecular flexibility index (Phi) is 2.61. The first kappa shape index (κ1) is 10.7. The van der Waals surface area contributed by atoms with Crippen LogP contribution in [0.4, 0.5) is 0 Å². The van der Waals surface area contributed by atoms with Gasteiger partial charge in [-0.3, -0.25) is 0 Å². The molecule has 1 N–H and O–H groups in total. The van der Waals surface area contributed by atoms with Gasteiger partial charge in [-0.15, -0.1) is 0 Å². The average molecular weight is 240 g/mol. The molecule has 2 aromatic heterocycles. The van der Waals surface area contributed by atoms with Gasteiger partial charge in [-0.1, -0.05) is 12.1 Å². The minimum absolute atomic E-state index is 0.236. The van der Waals surface area contributed by atoms with Crippen molar-refractivity contribution in [2.45, 2.75) is 6.54 Å². The van der Waals surface area contributed by atoms with E-state index < -0.39 is 0 Å². The number of phenols is 1. The number of phenolic OH excluding ortho intramolecular Hbond substituents is 1. The second-order valence-corrected chi connectivity index (χ2v) is 4.01. The number of furan rings is 1. The molecule has 18 heavy (non-hydrogen) atoms. The van der Waals surface area contributed by atoms with E-state index in [0.29, 0.717) is 6.54 Å². The van der Waals surface area contributed by atoms with Crippen molar-refractivity contribution in [1.29, 1.82) is 0 Å². The summed E-state index contributed by atoms with van der Waals surface area (Å²) in [5, 5.41) is 9.50. The zero-order valence-electron chi connectivity index (χ0n) is 9.65. The lowest BCUT2D eigenvalue weighted by molar-refractivity contribution is 0.475. The van der Waals surface area contributed by atoms with Crippen LogP contribution in [-0.2, 0) is 6.54 Å². The number of nitrogens with zero attached hydrogens (tertiary/aromatic N) is 2. The summed E-state index contributed by atoms with van der Waals surface area (Å²) >= 11 is 0. The van der Waals surface area contributed by atoms with Crippen LogP contribution in [0.25, 0.3) is 11.4 Å². The van der Waals surface area contributed by atoms with E-state index in [4.69, 9.17) is 4.42 Å². The monoisotopic (exact) mass is 240 g/mol. The van der Waals surface area contributed by atoms with Crippen LogP contribution in [0.1, 0.15) is 5.76 Å². The first-order valence-corrected chi connectivity index (χ1v) is 5.66. The highest BCUT2D eigenvalue weighted by Crippen LogP contribution is 2.22. The summed E-state index contributed by atoms with van der Waals surface area (Å²) in [7, 11) is 0. The summed E-state index contributed by atoms with van der Waals surface area (Å²) in [4.78, 5) is 4.32. The number of aromatic hydroxyl groups is 1. The van der Waals surface area contributed by atoms with Crippen LogP contribution in [0.2, 0.25) is 0 Å². The minimum Gasteiger partial charge on any atom is -0.508 e. The molecule has 0 aliphatic carbocycles. The molecular weight excluding hydrogens is 228 g/mol. The van der Waals surface area contributed by atoms with Crippen LogP contribution in [0, 0.1) is 0 Å². The number of rotatable bonds is 3. The van der Waals surface area contributed by atoms with E-state index in [2.05, 4.69) is 4.98 Å². The van der Waals surface area contributed by atoms with Gasteiger partial charge in [0.05, 0.1) is 12.8 Å². The number of hydrogen-bond acceptors (Lipinski definition) is 3. The van der Waals surface area contributed by atoms with Crippen molar-refractivity contribution in [3.8, 4) is 17.1 Å². The Morgan fingerprint density at radius 2 is 2.17 bits per heavy atom. The van der Waals surface area contributed by atoms with Crippen LogP contribution in [-0.4, -0.2) is 14.7 Å². The molecule has 0 radical (unpaired) electrons. The van der Waals surface area contributed by atoms with E-state index in [1.165, 1.54) is 0 Å². The fraction of sp³-hybridized carbons (Fsp3) is 0.0714. The maximum Gasteiger partial charge on any atom is 0.140 e. The van der Waals surface area contributed by atoms with Crippen molar-refractivity contribution in [2.75, 3.05) is 0 Å². The molecule has 0 aliphatic heterocycles. The molecule has 0 spiro atoms. The predicted octanol–water partition coefficient (Wildman–Crippen LogP) is 2.90. The van der Waals surface area contributed by atoms with Crippen molar-refractivity contribution in [3.05, 3.63) is 60.8 Å². The number of aromatic nitrogens is 2. The first-order valence-electron chi connectivity index (χ1n) is 5.66. The summed E-state index contributed by atoms with van der Waals surface area (Å²) in [6.45, 7) is 0.623. The highest BCUT2D eigenvalue weighted by molar-refractivity contribution is 5.57. The summed E-state index contributed by atoms with van der Waals surface area (Å²) < 4.78 is 7.30. The molecule has 2 heterocycles. The van der Waals surface area contributed by atoms with E-state index >= 15 is 0 Å². The van der Waals surface area contributed by atoms with Gasteiger partial charge in [0, 0.05) is 18.0 Å². The smallest absolute Gasteiger partial charge is 0.140 e. The normalized spacial score (nSPS) is 10.7. The SMILES string of the molecule is Oc1cccc(-c2nccn2Cc2ccco2)c1. The zero-order valence-corrected chi connectivity index (χ0v) is 9.65. The molecule has 0 atom stereocenters. The summed E-state index contributed by atoms with van der Waals surface area (Å²) in [6, 6.07) is 10.8. The quantitative estimate of drug-likeness (QED) is 0.765. The van der Waals surface area contributed by atoms with Crippen molar-refractivity contribution in [2.24, 2.45) is 0 Å². The highest BCUT2D eigenvalue weighted by Gasteiger charge is 2.07. The van der Waals surface area contributed by atoms with Gasteiger partial charge in [0.15, 0.2) is 0 Å². The van der Waals surface area contributed by atoms with Gasteiger partial charge in [0.25, 0.3) is 0 Å². The molecule has 4 heteroatoms. The molecular formula is C14H12N2O2. The van der Waals surface area contributed by atoms with Crippen molar-refractivity contribution in [1.82, 2.24) is 9.55 Å². The van der Waals surface area contributed by atoms with Crippen molar-refractivity contribution in [3.63, 3.8) is 0 Å². The van der Waals surface area contributed by atoms with Crippen LogP contribution >= 0.6 is 0 Å². The largest absolute Gasteiger partial charge is 0.508 e. The van der Waals surface area contributed by atoms with Gasteiger partial charge in [-0.25, -0.2) is 4.98 Å². The number of imidazole rings is 1. The molecule has 0 saturated heterocycles. The Morgan fingerprint density at radius 3 is 2.94 bits per heavy atom. The first-order chi connectivity index (χ1) is 8.83.